The van der Waals surface area contributed by atoms with Crippen LogP contribution in [0.15, 0.2) is 29.0 Å². The molecule has 0 radical (unpaired) electrons. The molecule has 0 amide bonds. The Morgan fingerprint density at radius 1 is 1.35 bits per heavy atom. The first kappa shape index (κ1) is 14.6. The summed E-state index contributed by atoms with van der Waals surface area (Å²) in [5.41, 5.74) is 1.38. The lowest BCUT2D eigenvalue weighted by Crippen LogP contribution is -2.25. The van der Waals surface area contributed by atoms with Crippen LogP contribution in [0.5, 0.6) is 0 Å². The Morgan fingerprint density at radius 3 is 3.10 bits per heavy atom. The zero-order valence-corrected chi connectivity index (χ0v) is 14.3. The molecule has 1 N–H and O–H groups in total. The summed E-state index contributed by atoms with van der Waals surface area (Å²) in [4.78, 5) is 2.84. The fourth-order valence-electron chi connectivity index (χ4n) is 2.80. The van der Waals surface area contributed by atoms with E-state index < -0.39 is 0 Å². The van der Waals surface area contributed by atoms with E-state index in [2.05, 4.69) is 53.0 Å². The van der Waals surface area contributed by atoms with E-state index in [-0.39, 0.29) is 0 Å². The van der Waals surface area contributed by atoms with Crippen molar-refractivity contribution >= 4 is 34.4 Å². The Balaban J connectivity index is 1.50. The van der Waals surface area contributed by atoms with Gasteiger partial charge in [-0.1, -0.05) is 13.0 Å². The molecule has 0 aliphatic heterocycles. The van der Waals surface area contributed by atoms with Gasteiger partial charge in [0.05, 0.1) is 0 Å². The molecule has 1 aliphatic rings. The average molecular weight is 324 g/mol. The quantitative estimate of drug-likeness (QED) is 0.780. The van der Waals surface area contributed by atoms with Crippen molar-refractivity contribution in [2.75, 3.05) is 5.75 Å². The Morgan fingerprint density at radius 2 is 2.30 bits per heavy atom. The fraction of sp³-hybridized carbons (Fsp3) is 0.500. The Labute approximate surface area is 133 Å². The third kappa shape index (κ3) is 3.67. The first-order valence-corrected chi connectivity index (χ1v) is 10.1. The highest BCUT2D eigenvalue weighted by molar-refractivity contribution is 7.99. The van der Waals surface area contributed by atoms with Gasteiger partial charge in [0.25, 0.3) is 0 Å². The first-order valence-electron chi connectivity index (χ1n) is 7.31. The van der Waals surface area contributed by atoms with Crippen LogP contribution >= 0.6 is 34.4 Å². The summed E-state index contributed by atoms with van der Waals surface area (Å²) < 4.78 is 0. The van der Waals surface area contributed by atoms with E-state index in [0.717, 1.165) is 17.8 Å². The van der Waals surface area contributed by atoms with Crippen LogP contribution in [-0.4, -0.2) is 17.0 Å². The molecule has 1 fully saturated rings. The molecule has 1 saturated carbocycles. The Hall–Kier alpha value is -0.290. The minimum Gasteiger partial charge on any atom is -0.309 e. The number of rotatable bonds is 6. The molecule has 1 aliphatic carbocycles. The van der Waals surface area contributed by atoms with Crippen molar-refractivity contribution in [2.45, 2.75) is 44.0 Å². The number of hydrogen-bond donors (Lipinski definition) is 1. The molecule has 20 heavy (non-hydrogen) atoms. The van der Waals surface area contributed by atoms with E-state index in [0.29, 0.717) is 0 Å². The third-order valence-electron chi connectivity index (χ3n) is 3.81. The maximum Gasteiger partial charge on any atom is 0.0351 e. The number of nitrogens with one attached hydrogen (secondary N) is 1. The molecular weight excluding hydrogens is 302 g/mol. The summed E-state index contributed by atoms with van der Waals surface area (Å²) in [6, 6.07) is 7.40. The number of thiophene rings is 2. The normalized spacial score (nSPS) is 22.4. The van der Waals surface area contributed by atoms with Gasteiger partial charge in [-0.05, 0) is 47.9 Å². The maximum absolute atomic E-state index is 3.75. The van der Waals surface area contributed by atoms with Crippen molar-refractivity contribution in [3.05, 3.63) is 33.8 Å². The molecule has 2 atom stereocenters. The van der Waals surface area contributed by atoms with Crippen LogP contribution < -0.4 is 5.32 Å². The van der Waals surface area contributed by atoms with Crippen LogP contribution in [0.1, 0.15) is 31.1 Å². The van der Waals surface area contributed by atoms with Gasteiger partial charge in [0.2, 0.25) is 0 Å². The van der Waals surface area contributed by atoms with Crippen LogP contribution in [0.4, 0.5) is 0 Å². The van der Waals surface area contributed by atoms with Crippen LogP contribution in [0.2, 0.25) is 0 Å². The van der Waals surface area contributed by atoms with Gasteiger partial charge in [-0.3, -0.25) is 0 Å². The predicted molar refractivity (Wildman–Crippen MR) is 94.0 cm³/mol. The third-order valence-corrected chi connectivity index (χ3v) is 6.90. The summed E-state index contributed by atoms with van der Waals surface area (Å²) in [5, 5.41) is 9.07. The van der Waals surface area contributed by atoms with E-state index in [1.165, 1.54) is 40.3 Å². The summed E-state index contributed by atoms with van der Waals surface area (Å²) in [5.74, 6) is 1.26. The minimum atomic E-state index is 0.728. The van der Waals surface area contributed by atoms with Gasteiger partial charge in [-0.25, -0.2) is 0 Å². The first-order chi connectivity index (χ1) is 9.85. The monoisotopic (exact) mass is 323 g/mol. The molecule has 3 rings (SSSR count). The van der Waals surface area contributed by atoms with Gasteiger partial charge in [-0.15, -0.1) is 22.7 Å². The number of hydrogen-bond acceptors (Lipinski definition) is 4. The van der Waals surface area contributed by atoms with Gasteiger partial charge in [-0.2, -0.15) is 11.8 Å². The van der Waals surface area contributed by atoms with Crippen LogP contribution in [-0.2, 0) is 6.54 Å². The van der Waals surface area contributed by atoms with E-state index >= 15 is 0 Å². The summed E-state index contributed by atoms with van der Waals surface area (Å²) in [6.07, 6.45) is 4.09. The standard InChI is InChI=1S/C16H21NS3/c1-2-18-14-6-5-13(9-14)17-10-15-8-12(11-20-15)16-4-3-7-19-16/h3-4,7-8,11,13-14,17H,2,5-6,9-10H2,1H3. The lowest BCUT2D eigenvalue weighted by molar-refractivity contribution is 0.528. The highest BCUT2D eigenvalue weighted by Crippen LogP contribution is 2.31. The lowest BCUT2D eigenvalue weighted by atomic mass is 10.2. The molecule has 2 unspecified atom stereocenters. The molecule has 2 aromatic rings. The molecule has 4 heteroatoms. The lowest BCUT2D eigenvalue weighted by Gasteiger charge is -2.12. The zero-order valence-electron chi connectivity index (χ0n) is 11.8. The maximum atomic E-state index is 3.75. The highest BCUT2D eigenvalue weighted by atomic mass is 32.2. The Bertz CT molecular complexity index is 518. The predicted octanol–water partition coefficient (Wildman–Crippen LogP) is 5.24. The minimum absolute atomic E-state index is 0.728. The molecule has 0 bridgehead atoms. The number of thioether (sulfide) groups is 1. The fourth-order valence-corrected chi connectivity index (χ4v) is 5.57. The van der Waals surface area contributed by atoms with Crippen molar-refractivity contribution in [3.63, 3.8) is 0 Å². The van der Waals surface area contributed by atoms with Crippen molar-refractivity contribution in [3.8, 4) is 10.4 Å². The smallest absolute Gasteiger partial charge is 0.0351 e. The van der Waals surface area contributed by atoms with Crippen LogP contribution in [0.3, 0.4) is 0 Å². The molecule has 1 nitrogen and oxygen atoms in total. The molecule has 2 heterocycles. The molecule has 0 spiro atoms. The van der Waals surface area contributed by atoms with E-state index in [9.17, 15) is 0 Å². The van der Waals surface area contributed by atoms with E-state index in [1.807, 2.05) is 22.7 Å². The second kappa shape index (κ2) is 7.12. The zero-order chi connectivity index (χ0) is 13.8. The summed E-state index contributed by atoms with van der Waals surface area (Å²) in [6.45, 7) is 3.30. The van der Waals surface area contributed by atoms with Crippen LogP contribution in [0, 0.1) is 0 Å². The van der Waals surface area contributed by atoms with Gasteiger partial charge in [0.15, 0.2) is 0 Å². The molecule has 0 saturated heterocycles. The Kier molecular flexibility index (Phi) is 5.21. The van der Waals surface area contributed by atoms with Gasteiger partial charge in [0.1, 0.15) is 0 Å². The van der Waals surface area contributed by atoms with Crippen LogP contribution in [0.25, 0.3) is 10.4 Å². The van der Waals surface area contributed by atoms with Crippen molar-refractivity contribution in [2.24, 2.45) is 0 Å². The molecule has 108 valence electrons. The average Bonchev–Trinajstić information content (AvgIpc) is 3.18. The SMILES string of the molecule is CCSC1CCC(NCc2cc(-c3cccs3)cs2)C1. The molecule has 2 aromatic heterocycles. The second-order valence-electron chi connectivity index (χ2n) is 5.25. The molecule has 0 aromatic carbocycles. The van der Waals surface area contributed by atoms with E-state index in [1.54, 1.807) is 0 Å². The topological polar surface area (TPSA) is 12.0 Å². The highest BCUT2D eigenvalue weighted by Gasteiger charge is 2.23. The second-order valence-corrected chi connectivity index (χ2v) is 8.77. The molecular formula is C16H21NS3. The van der Waals surface area contributed by atoms with Gasteiger partial charge >= 0.3 is 0 Å². The van der Waals surface area contributed by atoms with Crippen molar-refractivity contribution in [1.29, 1.82) is 0 Å². The van der Waals surface area contributed by atoms with Gasteiger partial charge in [0, 0.05) is 33.2 Å². The van der Waals surface area contributed by atoms with Crippen molar-refractivity contribution < 1.29 is 0 Å². The van der Waals surface area contributed by atoms with E-state index in [4.69, 9.17) is 0 Å². The summed E-state index contributed by atoms with van der Waals surface area (Å²) in [7, 11) is 0. The van der Waals surface area contributed by atoms with Crippen molar-refractivity contribution in [1.82, 2.24) is 5.32 Å². The largest absolute Gasteiger partial charge is 0.309 e. The van der Waals surface area contributed by atoms with Gasteiger partial charge < -0.3 is 5.32 Å². The summed E-state index contributed by atoms with van der Waals surface area (Å²) >= 11 is 5.83.